The minimum absolute atomic E-state index is 0.135. The first-order chi connectivity index (χ1) is 23.0. The van der Waals surface area contributed by atoms with E-state index < -0.39 is 36.5 Å². The maximum Gasteiger partial charge on any atom is 0.339 e. The summed E-state index contributed by atoms with van der Waals surface area (Å²) in [4.78, 5) is 27.5. The van der Waals surface area contributed by atoms with Gasteiger partial charge in [0.25, 0.3) is 0 Å². The highest BCUT2D eigenvalue weighted by atomic mass is 16.7. The molecule has 0 bridgehead atoms. The van der Waals surface area contributed by atoms with Gasteiger partial charge in [-0.1, -0.05) is 97.1 Å². The lowest BCUT2D eigenvalue weighted by Gasteiger charge is -2.38. The van der Waals surface area contributed by atoms with Crippen LogP contribution < -0.4 is 0 Å². The average Bonchev–Trinajstić information content (AvgIpc) is 3.11. The molecule has 7 nitrogen and oxygen atoms in total. The van der Waals surface area contributed by atoms with Crippen molar-refractivity contribution < 1.29 is 33.6 Å². The molecule has 0 unspecified atom stereocenters. The molecule has 9 rings (SSSR count). The zero-order valence-corrected chi connectivity index (χ0v) is 25.3. The third kappa shape index (κ3) is 4.24. The third-order valence-electron chi connectivity index (χ3n) is 9.64. The number of rotatable bonds is 5. The second kappa shape index (κ2) is 10.6. The van der Waals surface area contributed by atoms with Crippen LogP contribution in [0.3, 0.4) is 0 Å². The molecule has 0 saturated carbocycles. The molecule has 0 radical (unpaired) electrons. The van der Waals surface area contributed by atoms with Crippen LogP contribution in [0.5, 0.6) is 0 Å². The Bertz CT molecular complexity index is 2470. The molecule has 0 spiro atoms. The molecule has 1 saturated heterocycles. The predicted octanol–water partition coefficient (Wildman–Crippen LogP) is 7.60. The summed E-state index contributed by atoms with van der Waals surface area (Å²) >= 11 is 0. The first-order valence-corrected chi connectivity index (χ1v) is 15.6. The number of hydrogen-bond acceptors (Lipinski definition) is 7. The van der Waals surface area contributed by atoms with Gasteiger partial charge in [0, 0.05) is 7.11 Å². The molecule has 8 aromatic carbocycles. The van der Waals surface area contributed by atoms with E-state index in [4.69, 9.17) is 18.9 Å². The van der Waals surface area contributed by atoms with E-state index in [1.165, 1.54) is 7.11 Å². The average molecular weight is 621 g/mol. The lowest BCUT2D eigenvalue weighted by atomic mass is 9.92. The number of esters is 2. The largest absolute Gasteiger partial charge is 0.453 e. The summed E-state index contributed by atoms with van der Waals surface area (Å²) < 4.78 is 23.1. The SMILES string of the molecule is CO[C@@H]1OC[C@@H](OC(=O)c2ccc3ccc4cccc5ccc2c3c45)[C@H](O)[C@H]1OC(=O)c1ccc2ccc3cccc4ccc1c2c34. The van der Waals surface area contributed by atoms with E-state index in [9.17, 15) is 14.7 Å². The molecule has 4 atom stereocenters. The van der Waals surface area contributed by atoms with Crippen LogP contribution in [0.25, 0.3) is 64.6 Å². The molecule has 0 amide bonds. The molecule has 0 aromatic heterocycles. The Morgan fingerprint density at radius 3 is 1.51 bits per heavy atom. The standard InChI is InChI=1S/C40H28O7/c1-44-40-37(47-39(43)30-19-15-26-11-9-22-5-3-7-24-13-17-28(30)35(26)33(22)24)36(41)31(20-45-40)46-38(42)29-18-14-25-10-8-21-4-2-6-23-12-16-27(29)34(25)32(21)23/h2-19,31,36-37,40-41H,20H2,1H3/t31-,36+,37-,40-/m1/s1. The zero-order chi connectivity index (χ0) is 31.8. The second-order valence-electron chi connectivity index (χ2n) is 12.2. The van der Waals surface area contributed by atoms with Crippen LogP contribution in [0.15, 0.2) is 109 Å². The Morgan fingerprint density at radius 1 is 0.596 bits per heavy atom. The van der Waals surface area contributed by atoms with Crippen LogP contribution in [-0.2, 0) is 18.9 Å². The Morgan fingerprint density at radius 2 is 1.02 bits per heavy atom. The van der Waals surface area contributed by atoms with Gasteiger partial charge in [-0.25, -0.2) is 9.59 Å². The maximum absolute atomic E-state index is 13.8. The van der Waals surface area contributed by atoms with Crippen LogP contribution >= 0.6 is 0 Å². The van der Waals surface area contributed by atoms with Crippen molar-refractivity contribution in [2.75, 3.05) is 13.7 Å². The van der Waals surface area contributed by atoms with Crippen molar-refractivity contribution in [2.24, 2.45) is 0 Å². The van der Waals surface area contributed by atoms with Crippen molar-refractivity contribution >= 4 is 76.6 Å². The van der Waals surface area contributed by atoms with Crippen molar-refractivity contribution in [1.29, 1.82) is 0 Å². The lowest BCUT2D eigenvalue weighted by molar-refractivity contribution is -0.260. The second-order valence-corrected chi connectivity index (χ2v) is 12.2. The van der Waals surface area contributed by atoms with Crippen molar-refractivity contribution in [1.82, 2.24) is 0 Å². The summed E-state index contributed by atoms with van der Waals surface area (Å²) in [7, 11) is 1.41. The molecule has 1 fully saturated rings. The van der Waals surface area contributed by atoms with Gasteiger partial charge >= 0.3 is 11.9 Å². The maximum atomic E-state index is 13.8. The smallest absolute Gasteiger partial charge is 0.339 e. The molecule has 1 heterocycles. The number of methoxy groups -OCH3 is 1. The van der Waals surface area contributed by atoms with Crippen LogP contribution in [0.2, 0.25) is 0 Å². The fraction of sp³-hybridized carbons (Fsp3) is 0.150. The summed E-state index contributed by atoms with van der Waals surface area (Å²) in [6.07, 6.45) is -4.81. The molecular formula is C40H28O7. The molecular weight excluding hydrogens is 592 g/mol. The van der Waals surface area contributed by atoms with Crippen molar-refractivity contribution in [3.8, 4) is 0 Å². The monoisotopic (exact) mass is 620 g/mol. The van der Waals surface area contributed by atoms with Gasteiger partial charge in [-0.15, -0.1) is 0 Å². The van der Waals surface area contributed by atoms with Crippen LogP contribution in [0, 0.1) is 0 Å². The normalized spacial score (nSPS) is 20.2. The van der Waals surface area contributed by atoms with Gasteiger partial charge < -0.3 is 24.1 Å². The Balaban J connectivity index is 1.02. The van der Waals surface area contributed by atoms with E-state index in [-0.39, 0.29) is 6.61 Å². The summed E-state index contributed by atoms with van der Waals surface area (Å²) in [6.45, 7) is -0.135. The van der Waals surface area contributed by atoms with E-state index in [1.807, 2.05) is 60.7 Å². The topological polar surface area (TPSA) is 91.3 Å². The van der Waals surface area contributed by atoms with E-state index in [0.717, 1.165) is 64.6 Å². The van der Waals surface area contributed by atoms with Gasteiger partial charge in [-0.3, -0.25) is 0 Å². The number of benzene rings is 8. The summed E-state index contributed by atoms with van der Waals surface area (Å²) in [5.74, 6) is -1.25. The van der Waals surface area contributed by atoms with Crippen LogP contribution in [0.4, 0.5) is 0 Å². The predicted molar refractivity (Wildman–Crippen MR) is 181 cm³/mol. The molecule has 7 heteroatoms. The Hall–Kier alpha value is -5.34. The van der Waals surface area contributed by atoms with Crippen molar-refractivity contribution in [3.63, 3.8) is 0 Å². The molecule has 1 aliphatic heterocycles. The highest BCUT2D eigenvalue weighted by Crippen LogP contribution is 2.38. The molecule has 1 aliphatic rings. The Labute approximate surface area is 268 Å². The zero-order valence-electron chi connectivity index (χ0n) is 25.3. The number of ether oxygens (including phenoxy) is 4. The molecule has 0 aliphatic carbocycles. The minimum atomic E-state index is -1.40. The fourth-order valence-electron chi connectivity index (χ4n) is 7.40. The molecule has 1 N–H and O–H groups in total. The van der Waals surface area contributed by atoms with Crippen molar-refractivity contribution in [2.45, 2.75) is 24.6 Å². The van der Waals surface area contributed by atoms with Gasteiger partial charge in [0.2, 0.25) is 0 Å². The summed E-state index contributed by atoms with van der Waals surface area (Å²) in [5, 5.41) is 23.4. The molecule has 47 heavy (non-hydrogen) atoms. The Kier molecular flexibility index (Phi) is 6.30. The quantitative estimate of drug-likeness (QED) is 0.157. The highest BCUT2D eigenvalue weighted by molar-refractivity contribution is 6.27. The van der Waals surface area contributed by atoms with Gasteiger partial charge in [0.15, 0.2) is 18.5 Å². The van der Waals surface area contributed by atoms with Crippen LogP contribution in [-0.4, -0.2) is 55.4 Å². The number of aliphatic hydroxyl groups is 1. The number of aliphatic hydroxyl groups excluding tert-OH is 1. The number of hydrogen-bond donors (Lipinski definition) is 1. The highest BCUT2D eigenvalue weighted by Gasteiger charge is 2.45. The first-order valence-electron chi connectivity index (χ1n) is 15.6. The van der Waals surface area contributed by atoms with E-state index in [2.05, 4.69) is 36.4 Å². The van der Waals surface area contributed by atoms with Gasteiger partial charge in [0.1, 0.15) is 6.10 Å². The summed E-state index contributed by atoms with van der Waals surface area (Å²) in [6, 6.07) is 35.6. The first kappa shape index (κ1) is 27.9. The van der Waals surface area contributed by atoms with E-state index in [0.29, 0.717) is 11.1 Å². The third-order valence-corrected chi connectivity index (χ3v) is 9.64. The van der Waals surface area contributed by atoms with Gasteiger partial charge in [0.05, 0.1) is 17.7 Å². The fourth-order valence-corrected chi connectivity index (χ4v) is 7.40. The van der Waals surface area contributed by atoms with E-state index >= 15 is 0 Å². The minimum Gasteiger partial charge on any atom is -0.453 e. The molecule has 230 valence electrons. The number of carbonyl (C=O) groups excluding carboxylic acids is 2. The van der Waals surface area contributed by atoms with Crippen LogP contribution in [0.1, 0.15) is 20.7 Å². The van der Waals surface area contributed by atoms with Crippen molar-refractivity contribution in [3.05, 3.63) is 120 Å². The summed E-state index contributed by atoms with van der Waals surface area (Å²) in [5.41, 5.74) is 0.726. The van der Waals surface area contributed by atoms with Gasteiger partial charge in [-0.05, 0) is 76.8 Å². The number of carbonyl (C=O) groups is 2. The van der Waals surface area contributed by atoms with E-state index in [1.54, 1.807) is 12.1 Å². The molecule has 8 aromatic rings. The van der Waals surface area contributed by atoms with Gasteiger partial charge in [-0.2, -0.15) is 0 Å². The lowest BCUT2D eigenvalue weighted by Crippen LogP contribution is -2.56.